The first kappa shape index (κ1) is 17.7. The molecule has 0 saturated carbocycles. The lowest BCUT2D eigenvalue weighted by Gasteiger charge is -2.17. The van der Waals surface area contributed by atoms with Gasteiger partial charge in [-0.1, -0.05) is 81.4 Å². The number of hydrogen-bond donors (Lipinski definition) is 0. The van der Waals surface area contributed by atoms with Gasteiger partial charge in [-0.3, -0.25) is 0 Å². The van der Waals surface area contributed by atoms with Crippen LogP contribution in [0, 0.1) is 5.41 Å². The molecular formula is C15H32S2. The van der Waals surface area contributed by atoms with Gasteiger partial charge in [-0.05, 0) is 24.7 Å². The fourth-order valence-electron chi connectivity index (χ4n) is 1.72. The van der Waals surface area contributed by atoms with E-state index in [-0.39, 0.29) is 0 Å². The van der Waals surface area contributed by atoms with Crippen LogP contribution in [0.1, 0.15) is 79.1 Å². The van der Waals surface area contributed by atoms with Crippen LogP contribution in [-0.4, -0.2) is 11.5 Å². The first-order chi connectivity index (χ1) is 8.06. The molecule has 0 bridgehead atoms. The van der Waals surface area contributed by atoms with Gasteiger partial charge in [-0.25, -0.2) is 0 Å². The van der Waals surface area contributed by atoms with Crippen molar-refractivity contribution in [2.45, 2.75) is 79.1 Å². The van der Waals surface area contributed by atoms with Gasteiger partial charge in [0.25, 0.3) is 0 Å². The summed E-state index contributed by atoms with van der Waals surface area (Å²) in [5, 5.41) is 0. The molecule has 0 heterocycles. The van der Waals surface area contributed by atoms with Crippen molar-refractivity contribution in [2.24, 2.45) is 5.41 Å². The van der Waals surface area contributed by atoms with Crippen LogP contribution >= 0.6 is 21.6 Å². The van der Waals surface area contributed by atoms with Gasteiger partial charge in [0.1, 0.15) is 0 Å². The van der Waals surface area contributed by atoms with Crippen LogP contribution in [-0.2, 0) is 0 Å². The molecule has 0 saturated heterocycles. The third kappa shape index (κ3) is 16.7. The quantitative estimate of drug-likeness (QED) is 0.310. The van der Waals surface area contributed by atoms with Gasteiger partial charge in [-0.2, -0.15) is 0 Å². The molecule has 0 amide bonds. The summed E-state index contributed by atoms with van der Waals surface area (Å²) < 4.78 is 0. The van der Waals surface area contributed by atoms with E-state index in [1.165, 1.54) is 62.9 Å². The molecule has 2 heteroatoms. The van der Waals surface area contributed by atoms with Gasteiger partial charge < -0.3 is 0 Å². The maximum absolute atomic E-state index is 2.33. The molecule has 0 aliphatic rings. The highest BCUT2D eigenvalue weighted by molar-refractivity contribution is 8.76. The Bertz CT molecular complexity index is 149. The number of hydrogen-bond acceptors (Lipinski definition) is 2. The highest BCUT2D eigenvalue weighted by Crippen LogP contribution is 2.27. The third-order valence-electron chi connectivity index (χ3n) is 2.82. The van der Waals surface area contributed by atoms with Gasteiger partial charge in [0, 0.05) is 11.5 Å². The second kappa shape index (κ2) is 11.8. The molecule has 17 heavy (non-hydrogen) atoms. The van der Waals surface area contributed by atoms with E-state index < -0.39 is 0 Å². The summed E-state index contributed by atoms with van der Waals surface area (Å²) in [4.78, 5) is 0. The highest BCUT2D eigenvalue weighted by atomic mass is 33.1. The van der Waals surface area contributed by atoms with E-state index in [0.29, 0.717) is 5.41 Å². The Balaban J connectivity index is 2.99. The summed E-state index contributed by atoms with van der Waals surface area (Å²) >= 11 is 0. The molecule has 0 N–H and O–H groups in total. The number of unbranched alkanes of at least 4 members (excludes halogenated alkanes) is 5. The number of rotatable bonds is 11. The minimum absolute atomic E-state index is 0.518. The summed E-state index contributed by atoms with van der Waals surface area (Å²) in [6.07, 6.45) is 11.3. The van der Waals surface area contributed by atoms with Crippen molar-refractivity contribution in [3.05, 3.63) is 0 Å². The highest BCUT2D eigenvalue weighted by Gasteiger charge is 2.08. The SMILES string of the molecule is CCCCCCCCSSCCCC(C)(C)C. The van der Waals surface area contributed by atoms with Gasteiger partial charge in [0.2, 0.25) is 0 Å². The Hall–Kier alpha value is 0.700. The molecular weight excluding hydrogens is 244 g/mol. The summed E-state index contributed by atoms with van der Waals surface area (Å²) in [5.74, 6) is 2.68. The summed E-state index contributed by atoms with van der Waals surface area (Å²) in [7, 11) is 4.16. The van der Waals surface area contributed by atoms with Crippen LogP contribution in [0.3, 0.4) is 0 Å². The molecule has 0 radical (unpaired) electrons. The predicted octanol–water partition coefficient (Wildman–Crippen LogP) is 6.55. The van der Waals surface area contributed by atoms with E-state index in [1.807, 2.05) is 0 Å². The van der Waals surface area contributed by atoms with Crippen molar-refractivity contribution in [1.82, 2.24) is 0 Å². The normalized spacial score (nSPS) is 12.0. The van der Waals surface area contributed by atoms with E-state index in [4.69, 9.17) is 0 Å². The van der Waals surface area contributed by atoms with Crippen molar-refractivity contribution in [2.75, 3.05) is 11.5 Å². The van der Waals surface area contributed by atoms with Gasteiger partial charge >= 0.3 is 0 Å². The lowest BCUT2D eigenvalue weighted by Crippen LogP contribution is -2.04. The van der Waals surface area contributed by atoms with Crippen LogP contribution in [0.25, 0.3) is 0 Å². The minimum Gasteiger partial charge on any atom is -0.0942 e. The van der Waals surface area contributed by atoms with Crippen LogP contribution in [0.4, 0.5) is 0 Å². The topological polar surface area (TPSA) is 0 Å². The Labute approximate surface area is 117 Å². The van der Waals surface area contributed by atoms with E-state index in [0.717, 1.165) is 0 Å². The molecule has 0 aromatic heterocycles. The molecule has 0 aliphatic heterocycles. The van der Waals surface area contributed by atoms with E-state index >= 15 is 0 Å². The molecule has 0 aromatic rings. The second-order valence-electron chi connectivity index (χ2n) is 6.08. The van der Waals surface area contributed by atoms with Crippen LogP contribution < -0.4 is 0 Å². The van der Waals surface area contributed by atoms with Gasteiger partial charge in [0.15, 0.2) is 0 Å². The predicted molar refractivity (Wildman–Crippen MR) is 87.0 cm³/mol. The van der Waals surface area contributed by atoms with Crippen molar-refractivity contribution in [3.63, 3.8) is 0 Å². The van der Waals surface area contributed by atoms with Crippen LogP contribution in [0.5, 0.6) is 0 Å². The van der Waals surface area contributed by atoms with Gasteiger partial charge in [-0.15, -0.1) is 0 Å². The largest absolute Gasteiger partial charge is 0.0942 e. The molecule has 0 nitrogen and oxygen atoms in total. The Morgan fingerprint density at radius 2 is 1.24 bits per heavy atom. The second-order valence-corrected chi connectivity index (χ2v) is 8.78. The zero-order chi connectivity index (χ0) is 13.0. The van der Waals surface area contributed by atoms with Crippen molar-refractivity contribution >= 4 is 21.6 Å². The fraction of sp³-hybridized carbons (Fsp3) is 1.00. The van der Waals surface area contributed by atoms with Crippen molar-refractivity contribution in [1.29, 1.82) is 0 Å². The van der Waals surface area contributed by atoms with E-state index in [9.17, 15) is 0 Å². The van der Waals surface area contributed by atoms with Gasteiger partial charge in [0.05, 0.1) is 0 Å². The Morgan fingerprint density at radius 3 is 1.82 bits per heavy atom. The molecule has 0 unspecified atom stereocenters. The zero-order valence-electron chi connectivity index (χ0n) is 12.4. The molecule has 0 fully saturated rings. The summed E-state index contributed by atoms with van der Waals surface area (Å²) in [6.45, 7) is 9.29. The first-order valence-corrected chi connectivity index (χ1v) is 9.79. The molecule has 0 rings (SSSR count). The fourth-order valence-corrected chi connectivity index (χ4v) is 3.95. The van der Waals surface area contributed by atoms with E-state index in [1.54, 1.807) is 0 Å². The Morgan fingerprint density at radius 1 is 0.706 bits per heavy atom. The average Bonchev–Trinajstić information content (AvgIpc) is 2.24. The maximum atomic E-state index is 2.33. The average molecular weight is 277 g/mol. The standard InChI is InChI=1S/C15H32S2/c1-5-6-7-8-9-10-13-16-17-14-11-12-15(2,3)4/h5-14H2,1-4H3. The first-order valence-electron chi connectivity index (χ1n) is 7.30. The van der Waals surface area contributed by atoms with Crippen LogP contribution in [0.2, 0.25) is 0 Å². The monoisotopic (exact) mass is 276 g/mol. The van der Waals surface area contributed by atoms with Crippen molar-refractivity contribution < 1.29 is 0 Å². The third-order valence-corrected chi connectivity index (χ3v) is 5.40. The zero-order valence-corrected chi connectivity index (χ0v) is 14.0. The smallest absolute Gasteiger partial charge is 0.00371 e. The molecule has 0 aliphatic carbocycles. The van der Waals surface area contributed by atoms with E-state index in [2.05, 4.69) is 49.3 Å². The Kier molecular flexibility index (Phi) is 12.3. The summed E-state index contributed by atoms with van der Waals surface area (Å²) in [5.41, 5.74) is 0.518. The maximum Gasteiger partial charge on any atom is 0.00371 e. The molecule has 0 atom stereocenters. The van der Waals surface area contributed by atoms with Crippen LogP contribution in [0.15, 0.2) is 0 Å². The summed E-state index contributed by atoms with van der Waals surface area (Å²) in [6, 6.07) is 0. The molecule has 0 aromatic carbocycles. The molecule has 104 valence electrons. The van der Waals surface area contributed by atoms with Crippen molar-refractivity contribution in [3.8, 4) is 0 Å². The minimum atomic E-state index is 0.518. The lowest BCUT2D eigenvalue weighted by molar-refractivity contribution is 0.375. The molecule has 0 spiro atoms. The lowest BCUT2D eigenvalue weighted by atomic mass is 9.91.